The number of nitrogens with one attached hydrogen (secondary N) is 1. The molecule has 1 heterocycles. The third kappa shape index (κ3) is 4.23. The van der Waals surface area contributed by atoms with Crippen LogP contribution in [0.3, 0.4) is 0 Å². The average Bonchev–Trinajstić information content (AvgIpc) is 2.62. The monoisotopic (exact) mass is 355 g/mol. The van der Waals surface area contributed by atoms with Crippen LogP contribution in [0.25, 0.3) is 0 Å². The summed E-state index contributed by atoms with van der Waals surface area (Å²) >= 11 is 1.76. The van der Waals surface area contributed by atoms with Crippen LogP contribution in [0.5, 0.6) is 0 Å². The molecule has 1 N–H and O–H groups in total. The number of thioether (sulfide) groups is 1. The van der Waals surface area contributed by atoms with E-state index < -0.39 is 11.6 Å². The lowest BCUT2D eigenvalue weighted by Gasteiger charge is -2.33. The number of carbonyl (C=O) groups is 2. The van der Waals surface area contributed by atoms with Crippen LogP contribution in [0.2, 0.25) is 0 Å². The minimum atomic E-state index is -1.14. The van der Waals surface area contributed by atoms with Crippen molar-refractivity contribution in [1.82, 2.24) is 5.32 Å². The molecule has 0 bridgehead atoms. The fourth-order valence-corrected chi connectivity index (χ4v) is 3.67. The van der Waals surface area contributed by atoms with Crippen molar-refractivity contribution in [2.75, 3.05) is 12.3 Å². The molecule has 130 valence electrons. The van der Waals surface area contributed by atoms with Crippen molar-refractivity contribution in [2.45, 2.75) is 24.7 Å². The van der Waals surface area contributed by atoms with Gasteiger partial charge in [0, 0.05) is 24.5 Å². The third-order valence-electron chi connectivity index (χ3n) is 4.21. The van der Waals surface area contributed by atoms with Gasteiger partial charge in [-0.1, -0.05) is 48.5 Å². The topological polar surface area (TPSA) is 55.4 Å². The van der Waals surface area contributed by atoms with Gasteiger partial charge in [0.2, 0.25) is 0 Å². The summed E-state index contributed by atoms with van der Waals surface area (Å²) in [6.45, 7) is 2.22. The van der Waals surface area contributed by atoms with Gasteiger partial charge in [0.15, 0.2) is 5.60 Å². The normalized spacial score (nSPS) is 19.0. The number of cyclic esters (lactones) is 1. The first-order valence-electron chi connectivity index (χ1n) is 8.30. The second-order valence-corrected chi connectivity index (χ2v) is 7.35. The van der Waals surface area contributed by atoms with Gasteiger partial charge >= 0.3 is 5.97 Å². The van der Waals surface area contributed by atoms with E-state index in [0.717, 1.165) is 17.1 Å². The minimum Gasteiger partial charge on any atom is -0.445 e. The predicted molar refractivity (Wildman–Crippen MR) is 99.6 cm³/mol. The van der Waals surface area contributed by atoms with E-state index in [-0.39, 0.29) is 5.91 Å². The maximum atomic E-state index is 12.5. The summed E-state index contributed by atoms with van der Waals surface area (Å²) in [5, 5.41) is 2.89. The van der Waals surface area contributed by atoms with Crippen LogP contribution < -0.4 is 5.32 Å². The Kier molecular flexibility index (Phi) is 5.43. The first-order chi connectivity index (χ1) is 12.1. The Bertz CT molecular complexity index is 763. The van der Waals surface area contributed by atoms with Gasteiger partial charge in [-0.25, -0.2) is 4.79 Å². The SMILES string of the molecule is C[C@]1(C(=O)NCCSCc2ccccc2)Cc2ccccc2C(=O)O1. The average molecular weight is 355 g/mol. The van der Waals surface area contributed by atoms with E-state index in [4.69, 9.17) is 4.74 Å². The molecule has 1 amide bonds. The summed E-state index contributed by atoms with van der Waals surface area (Å²) in [6, 6.07) is 17.5. The molecule has 0 saturated carbocycles. The second-order valence-electron chi connectivity index (χ2n) is 6.25. The third-order valence-corrected chi connectivity index (χ3v) is 5.24. The highest BCUT2D eigenvalue weighted by Crippen LogP contribution is 2.28. The quantitative estimate of drug-likeness (QED) is 0.639. The molecule has 3 rings (SSSR count). The van der Waals surface area contributed by atoms with Crippen LogP contribution in [0.15, 0.2) is 54.6 Å². The molecule has 25 heavy (non-hydrogen) atoms. The summed E-state index contributed by atoms with van der Waals surface area (Å²) in [7, 11) is 0. The first kappa shape index (κ1) is 17.5. The van der Waals surface area contributed by atoms with Crippen molar-refractivity contribution in [1.29, 1.82) is 0 Å². The number of fused-ring (bicyclic) bond motifs is 1. The molecular weight excluding hydrogens is 334 g/mol. The lowest BCUT2D eigenvalue weighted by Crippen LogP contribution is -2.52. The number of rotatable bonds is 6. The van der Waals surface area contributed by atoms with Gasteiger partial charge in [-0.05, 0) is 24.1 Å². The van der Waals surface area contributed by atoms with Gasteiger partial charge in [0.05, 0.1) is 5.56 Å². The number of hydrogen-bond acceptors (Lipinski definition) is 4. The minimum absolute atomic E-state index is 0.240. The molecule has 1 atom stereocenters. The lowest BCUT2D eigenvalue weighted by atomic mass is 9.89. The molecule has 0 spiro atoms. The van der Waals surface area contributed by atoms with E-state index in [1.54, 1.807) is 30.8 Å². The van der Waals surface area contributed by atoms with E-state index in [1.807, 2.05) is 30.3 Å². The number of esters is 1. The molecule has 0 aliphatic carbocycles. The number of hydrogen-bond donors (Lipinski definition) is 1. The second kappa shape index (κ2) is 7.74. The van der Waals surface area contributed by atoms with E-state index in [0.29, 0.717) is 18.5 Å². The van der Waals surface area contributed by atoms with Crippen LogP contribution in [0.4, 0.5) is 0 Å². The van der Waals surface area contributed by atoms with Gasteiger partial charge in [-0.2, -0.15) is 11.8 Å². The van der Waals surface area contributed by atoms with Crippen molar-refractivity contribution >= 4 is 23.6 Å². The zero-order valence-corrected chi connectivity index (χ0v) is 15.0. The van der Waals surface area contributed by atoms with Crippen LogP contribution in [0, 0.1) is 0 Å². The van der Waals surface area contributed by atoms with Gasteiger partial charge in [-0.15, -0.1) is 0 Å². The Balaban J connectivity index is 1.49. The van der Waals surface area contributed by atoms with Crippen molar-refractivity contribution in [3.8, 4) is 0 Å². The zero-order valence-electron chi connectivity index (χ0n) is 14.2. The van der Waals surface area contributed by atoms with Gasteiger partial charge in [-0.3, -0.25) is 4.79 Å². The Hall–Kier alpha value is -2.27. The molecule has 0 fully saturated rings. The summed E-state index contributed by atoms with van der Waals surface area (Å²) in [4.78, 5) is 24.6. The molecule has 1 aliphatic heterocycles. The maximum Gasteiger partial charge on any atom is 0.339 e. The standard InChI is InChI=1S/C20H21NO3S/c1-20(13-16-9-5-6-10-17(16)18(22)24-20)19(23)21-11-12-25-14-15-7-3-2-4-8-15/h2-10H,11-14H2,1H3,(H,21,23)/t20-/m1/s1. The Morgan fingerprint density at radius 2 is 1.88 bits per heavy atom. The predicted octanol–water partition coefficient (Wildman–Crippen LogP) is 3.21. The smallest absolute Gasteiger partial charge is 0.339 e. The zero-order chi connectivity index (χ0) is 17.7. The largest absolute Gasteiger partial charge is 0.445 e. The molecule has 5 heteroatoms. The van der Waals surface area contributed by atoms with Crippen molar-refractivity contribution in [2.24, 2.45) is 0 Å². The molecular formula is C20H21NO3S. The van der Waals surface area contributed by atoms with E-state index in [1.165, 1.54) is 5.56 Å². The molecule has 1 aliphatic rings. The van der Waals surface area contributed by atoms with Gasteiger partial charge in [0.25, 0.3) is 5.91 Å². The summed E-state index contributed by atoms with van der Waals surface area (Å²) < 4.78 is 5.43. The first-order valence-corrected chi connectivity index (χ1v) is 9.45. The molecule has 4 nitrogen and oxygen atoms in total. The molecule has 0 radical (unpaired) electrons. The van der Waals surface area contributed by atoms with Gasteiger partial charge in [0.1, 0.15) is 0 Å². The number of carbonyl (C=O) groups excluding carboxylic acids is 2. The van der Waals surface area contributed by atoms with E-state index in [9.17, 15) is 9.59 Å². The molecule has 0 aromatic heterocycles. The van der Waals surface area contributed by atoms with E-state index >= 15 is 0 Å². The van der Waals surface area contributed by atoms with Crippen LogP contribution in [0.1, 0.15) is 28.4 Å². The highest BCUT2D eigenvalue weighted by Gasteiger charge is 2.42. The lowest BCUT2D eigenvalue weighted by molar-refractivity contribution is -0.139. The van der Waals surface area contributed by atoms with Crippen molar-refractivity contribution in [3.05, 3.63) is 71.3 Å². The van der Waals surface area contributed by atoms with Crippen molar-refractivity contribution in [3.63, 3.8) is 0 Å². The summed E-state index contributed by atoms with van der Waals surface area (Å²) in [5.41, 5.74) is 1.53. The molecule has 2 aromatic rings. The number of amides is 1. The van der Waals surface area contributed by atoms with Crippen molar-refractivity contribution < 1.29 is 14.3 Å². The van der Waals surface area contributed by atoms with Crippen LogP contribution >= 0.6 is 11.8 Å². The number of ether oxygens (including phenoxy) is 1. The van der Waals surface area contributed by atoms with Crippen LogP contribution in [-0.4, -0.2) is 29.8 Å². The highest BCUT2D eigenvalue weighted by atomic mass is 32.2. The highest BCUT2D eigenvalue weighted by molar-refractivity contribution is 7.98. The molecule has 0 unspecified atom stereocenters. The fourth-order valence-electron chi connectivity index (χ4n) is 2.85. The Labute approximate surface area is 152 Å². The summed E-state index contributed by atoms with van der Waals surface area (Å²) in [6.07, 6.45) is 0.401. The maximum absolute atomic E-state index is 12.5. The van der Waals surface area contributed by atoms with Gasteiger partial charge < -0.3 is 10.1 Å². The van der Waals surface area contributed by atoms with E-state index in [2.05, 4.69) is 17.4 Å². The number of benzene rings is 2. The Morgan fingerprint density at radius 3 is 2.68 bits per heavy atom. The Morgan fingerprint density at radius 1 is 1.16 bits per heavy atom. The molecule has 0 saturated heterocycles. The molecule has 2 aromatic carbocycles. The van der Waals surface area contributed by atoms with Crippen LogP contribution in [-0.2, 0) is 21.7 Å². The fraction of sp³-hybridized carbons (Fsp3) is 0.300. The summed E-state index contributed by atoms with van der Waals surface area (Å²) in [5.74, 6) is 1.05.